The topological polar surface area (TPSA) is 86.4 Å². The van der Waals surface area contributed by atoms with E-state index in [4.69, 9.17) is 9.72 Å². The van der Waals surface area contributed by atoms with E-state index in [1.807, 2.05) is 59.2 Å². The van der Waals surface area contributed by atoms with Crippen molar-refractivity contribution in [2.75, 3.05) is 18.6 Å². The van der Waals surface area contributed by atoms with Gasteiger partial charge in [0.05, 0.1) is 23.8 Å². The fraction of sp³-hybridized carbons (Fsp3) is 0.314. The van der Waals surface area contributed by atoms with E-state index in [9.17, 15) is 14.4 Å². The maximum absolute atomic E-state index is 14.5. The first-order valence-electron chi connectivity index (χ1n) is 15.0. The molecule has 2 aliphatic heterocycles. The molecule has 4 aromatic rings. The van der Waals surface area contributed by atoms with E-state index < -0.39 is 11.5 Å². The summed E-state index contributed by atoms with van der Waals surface area (Å²) in [4.78, 5) is 46.9. The van der Waals surface area contributed by atoms with Gasteiger partial charge >= 0.3 is 5.97 Å². The number of nitrogens with zero attached hydrogens (tertiary/aromatic N) is 4. The lowest BCUT2D eigenvalue weighted by molar-refractivity contribution is -0.141. The summed E-state index contributed by atoms with van der Waals surface area (Å²) in [5, 5.41) is 0. The highest BCUT2D eigenvalue weighted by atomic mass is 16.5. The summed E-state index contributed by atoms with van der Waals surface area (Å²) >= 11 is 0. The van der Waals surface area contributed by atoms with E-state index in [0.717, 1.165) is 44.2 Å². The summed E-state index contributed by atoms with van der Waals surface area (Å²) in [7, 11) is 1.28. The van der Waals surface area contributed by atoms with Crippen LogP contribution in [0.3, 0.4) is 0 Å². The third kappa shape index (κ3) is 5.82. The van der Waals surface area contributed by atoms with Gasteiger partial charge in [-0.3, -0.25) is 19.0 Å². The number of methoxy groups -OCH3 is 1. The quantitative estimate of drug-likeness (QED) is 0.290. The molecule has 2 aromatic carbocycles. The van der Waals surface area contributed by atoms with Crippen molar-refractivity contribution >= 4 is 22.7 Å². The first-order valence-corrected chi connectivity index (χ1v) is 15.0. The minimum atomic E-state index is -0.571. The maximum Gasteiger partial charge on any atom is 0.325 e. The number of esters is 1. The predicted octanol–water partition coefficient (Wildman–Crippen LogP) is 5.53. The number of hydrogen-bond acceptors (Lipinski definition) is 6. The monoisotopic (exact) mass is 576 g/mol. The van der Waals surface area contributed by atoms with Crippen LogP contribution in [-0.4, -0.2) is 39.8 Å². The zero-order chi connectivity index (χ0) is 29.8. The molecule has 0 spiro atoms. The van der Waals surface area contributed by atoms with Crippen LogP contribution in [0, 0.1) is 5.92 Å². The summed E-state index contributed by atoms with van der Waals surface area (Å²) in [5.41, 5.74) is 2.48. The van der Waals surface area contributed by atoms with Gasteiger partial charge < -0.3 is 14.2 Å². The second-order valence-electron chi connectivity index (χ2n) is 11.3. The molecule has 1 saturated carbocycles. The highest BCUT2D eigenvalue weighted by molar-refractivity contribution is 5.78. The Morgan fingerprint density at radius 3 is 2.33 bits per heavy atom. The minimum absolute atomic E-state index is 0.0346. The van der Waals surface area contributed by atoms with Gasteiger partial charge in [-0.1, -0.05) is 73.5 Å². The highest BCUT2D eigenvalue weighted by Gasteiger charge is 2.39. The van der Waals surface area contributed by atoms with Gasteiger partial charge in [0.2, 0.25) is 0 Å². The number of fused-ring (bicyclic) bond motifs is 6. The Kier molecular flexibility index (Phi) is 8.36. The second kappa shape index (κ2) is 12.7. The lowest BCUT2D eigenvalue weighted by atomic mass is 9.79. The molecule has 2 saturated heterocycles. The average Bonchev–Trinajstić information content (AvgIpc) is 3.01. The summed E-state index contributed by atoms with van der Waals surface area (Å²) in [6, 6.07) is 31.2. The zero-order valence-corrected chi connectivity index (χ0v) is 24.3. The van der Waals surface area contributed by atoms with Crippen molar-refractivity contribution in [3.63, 3.8) is 0 Å². The first kappa shape index (κ1) is 28.4. The fourth-order valence-corrected chi connectivity index (χ4v) is 6.71. The van der Waals surface area contributed by atoms with Crippen LogP contribution < -0.4 is 16.0 Å². The number of ether oxygens (including phenoxy) is 1. The molecule has 0 radical (unpaired) electrons. The number of anilines is 1. The van der Waals surface area contributed by atoms with Crippen molar-refractivity contribution in [3.8, 4) is 11.4 Å². The number of hydrogen-bond donors (Lipinski definition) is 0. The summed E-state index contributed by atoms with van der Waals surface area (Å²) in [6.45, 7) is 0.542. The van der Waals surface area contributed by atoms with Gasteiger partial charge in [-0.25, -0.2) is 4.98 Å². The standard InChI is InChI=1S/C35H36N4O4/c1-43-33(41)24-38-30(20-13-21-32(38)40)34-35(42)39(29-19-12-11-18-28(29)36-34)31-22-27-17-10-9-14-25(31)23-37(27)26-15-7-5-3-2-4-6-8-16-26/h2-8,11-13,15-16,18-21,25,27,31H,9-10,14,17,22-24H2,1H3. The Bertz CT molecular complexity index is 1790. The number of carbonyl (C=O) groups is 1. The summed E-state index contributed by atoms with van der Waals surface area (Å²) in [5.74, 6) is -0.330. The number of piperidine rings is 1. The van der Waals surface area contributed by atoms with Crippen molar-refractivity contribution in [2.24, 2.45) is 5.92 Å². The molecule has 43 heavy (non-hydrogen) atoms. The third-order valence-electron chi connectivity index (χ3n) is 8.76. The fourth-order valence-electron chi connectivity index (χ4n) is 6.71. The van der Waals surface area contributed by atoms with Crippen LogP contribution in [0.1, 0.15) is 38.1 Å². The van der Waals surface area contributed by atoms with Gasteiger partial charge in [0.25, 0.3) is 11.1 Å². The molecule has 2 aromatic heterocycles. The van der Waals surface area contributed by atoms with Crippen molar-refractivity contribution in [1.82, 2.24) is 14.1 Å². The maximum atomic E-state index is 14.5. The predicted molar refractivity (Wildman–Crippen MR) is 169 cm³/mol. The molecule has 0 N–H and O–H groups in total. The van der Waals surface area contributed by atoms with Gasteiger partial charge in [-0.05, 0) is 55.5 Å². The molecule has 7 rings (SSSR count). The van der Waals surface area contributed by atoms with Crippen molar-refractivity contribution in [3.05, 3.63) is 118 Å². The summed E-state index contributed by atoms with van der Waals surface area (Å²) < 4.78 is 8.05. The Morgan fingerprint density at radius 2 is 1.56 bits per heavy atom. The number of rotatable bonds is 5. The number of aromatic nitrogens is 3. The zero-order valence-electron chi connectivity index (χ0n) is 24.3. The lowest BCUT2D eigenvalue weighted by Crippen LogP contribution is -2.50. The SMILES string of the molecule is COC(=O)Cn1c(-c2nc3ccccc3n(C3CC4CCCCC3CN4c3ccccccccc3)c2=O)cccc1=O. The molecule has 3 atom stereocenters. The molecule has 2 bridgehead atoms. The molecule has 0 amide bonds. The lowest BCUT2D eigenvalue weighted by Gasteiger charge is -2.48. The van der Waals surface area contributed by atoms with Crippen LogP contribution in [0.15, 0.2) is 107 Å². The molecule has 220 valence electrons. The third-order valence-corrected chi connectivity index (χ3v) is 8.76. The van der Waals surface area contributed by atoms with Crippen LogP contribution in [0.4, 0.5) is 5.69 Å². The van der Waals surface area contributed by atoms with Crippen LogP contribution >= 0.6 is 0 Å². The van der Waals surface area contributed by atoms with Gasteiger partial charge in [0, 0.05) is 30.4 Å². The van der Waals surface area contributed by atoms with Crippen molar-refractivity contribution < 1.29 is 9.53 Å². The van der Waals surface area contributed by atoms with E-state index in [2.05, 4.69) is 29.2 Å². The second-order valence-corrected chi connectivity index (χ2v) is 11.3. The van der Waals surface area contributed by atoms with Crippen LogP contribution in [-0.2, 0) is 16.1 Å². The Morgan fingerprint density at radius 1 is 0.860 bits per heavy atom. The van der Waals surface area contributed by atoms with Gasteiger partial charge in [0.1, 0.15) is 6.54 Å². The molecule has 8 nitrogen and oxygen atoms in total. The van der Waals surface area contributed by atoms with Crippen molar-refractivity contribution in [2.45, 2.75) is 50.7 Å². The molecule has 4 heterocycles. The number of carbonyl (C=O) groups excluding carboxylic acids is 1. The largest absolute Gasteiger partial charge is 0.468 e. The van der Waals surface area contributed by atoms with E-state index in [-0.39, 0.29) is 35.8 Å². The molecular formula is C35H36N4O4. The minimum Gasteiger partial charge on any atom is -0.468 e. The van der Waals surface area contributed by atoms with E-state index in [1.165, 1.54) is 23.4 Å². The molecular weight excluding hydrogens is 540 g/mol. The highest BCUT2D eigenvalue weighted by Crippen LogP contribution is 2.41. The van der Waals surface area contributed by atoms with Crippen LogP contribution in [0.5, 0.6) is 0 Å². The Labute approximate surface area is 250 Å². The number of para-hydroxylation sites is 2. The molecule has 3 unspecified atom stereocenters. The average molecular weight is 577 g/mol. The molecule has 8 heteroatoms. The van der Waals surface area contributed by atoms with Crippen molar-refractivity contribution in [1.29, 1.82) is 0 Å². The molecule has 3 fully saturated rings. The molecule has 1 aliphatic carbocycles. The van der Waals surface area contributed by atoms with E-state index in [0.29, 0.717) is 11.2 Å². The van der Waals surface area contributed by atoms with Crippen LogP contribution in [0.25, 0.3) is 22.4 Å². The number of pyridine rings is 1. The van der Waals surface area contributed by atoms with Gasteiger partial charge in [-0.15, -0.1) is 0 Å². The molecule has 3 aliphatic rings. The van der Waals surface area contributed by atoms with E-state index in [1.54, 1.807) is 12.1 Å². The smallest absolute Gasteiger partial charge is 0.325 e. The Balaban J connectivity index is 1.48. The van der Waals surface area contributed by atoms with E-state index >= 15 is 0 Å². The number of benzene rings is 1. The Hall–Kier alpha value is -4.72. The normalized spacial score (nSPS) is 19.7. The van der Waals surface area contributed by atoms with Gasteiger partial charge in [-0.2, -0.15) is 0 Å². The summed E-state index contributed by atoms with van der Waals surface area (Å²) in [6.07, 6.45) is 5.17. The first-order chi connectivity index (χ1) is 21.0. The van der Waals surface area contributed by atoms with Gasteiger partial charge in [0.15, 0.2) is 5.69 Å². The van der Waals surface area contributed by atoms with Crippen LogP contribution in [0.2, 0.25) is 0 Å².